The molecule has 38 valence electrons. The van der Waals surface area contributed by atoms with Crippen LogP contribution < -0.4 is 0 Å². The molecule has 0 aromatic heterocycles. The molecule has 1 aliphatic rings. The van der Waals surface area contributed by atoms with Crippen LogP contribution in [0.25, 0.3) is 0 Å². The van der Waals surface area contributed by atoms with Crippen molar-refractivity contribution in [3.63, 3.8) is 0 Å². The number of nitrogens with zero attached hydrogens (tertiary/aromatic N) is 1. The van der Waals surface area contributed by atoms with E-state index in [1.54, 1.807) is 0 Å². The lowest BCUT2D eigenvalue weighted by Gasteiger charge is -1.81. The molecule has 1 rings (SSSR count). The molecule has 1 nitrogen and oxygen atoms in total. The van der Waals surface area contributed by atoms with Crippen molar-refractivity contribution >= 4 is 17.6 Å². The van der Waals surface area contributed by atoms with Gasteiger partial charge < -0.3 is 0 Å². The van der Waals surface area contributed by atoms with Crippen LogP contribution in [0, 0.1) is 0 Å². The molecule has 7 heavy (non-hydrogen) atoms. The lowest BCUT2D eigenvalue weighted by Crippen LogP contribution is -1.79. The average Bonchev–Trinajstić information content (AvgIpc) is 1.87. The summed E-state index contributed by atoms with van der Waals surface area (Å²) in [5.74, 6) is -0.486. The van der Waals surface area contributed by atoms with Gasteiger partial charge >= 0.3 is 0 Å². The summed E-state index contributed by atoms with van der Waals surface area (Å²) in [5, 5.41) is 0. The fourth-order valence-electron chi connectivity index (χ4n) is 0.363. The number of rotatable bonds is 0. The first-order valence-corrected chi connectivity index (χ1v) is 2.28. The highest BCUT2D eigenvalue weighted by atomic mass is 35.5. The molecule has 0 spiro atoms. The molecular weight excluding hydrogens is 117 g/mol. The smallest absolute Gasteiger partial charge is 0.209 e. The van der Waals surface area contributed by atoms with E-state index < -0.39 is 11.5 Å². The molecule has 1 unspecified atom stereocenters. The molecule has 1 atom stereocenters. The molecule has 0 amide bonds. The van der Waals surface area contributed by atoms with Crippen LogP contribution in [0.1, 0.15) is 0 Å². The summed E-state index contributed by atoms with van der Waals surface area (Å²) in [6.45, 7) is 0. The third-order valence-corrected chi connectivity index (χ3v) is 0.882. The van der Waals surface area contributed by atoms with Crippen LogP contribution >= 0.6 is 11.6 Å². The summed E-state index contributed by atoms with van der Waals surface area (Å²) < 4.78 is 11.8. The van der Waals surface area contributed by atoms with Gasteiger partial charge in [0.1, 0.15) is 5.50 Å². The first-order chi connectivity index (χ1) is 3.29. The third kappa shape index (κ3) is 0.996. The lowest BCUT2D eigenvalue weighted by molar-refractivity contribution is 0.809. The Bertz CT molecular complexity index is 130. The molecule has 0 aromatic carbocycles. The second kappa shape index (κ2) is 1.62. The molecule has 3 heteroatoms. The Morgan fingerprint density at radius 2 is 2.57 bits per heavy atom. The monoisotopic (exact) mass is 119 g/mol. The van der Waals surface area contributed by atoms with E-state index in [4.69, 9.17) is 11.6 Å². The largest absolute Gasteiger partial charge is 0.234 e. The first kappa shape index (κ1) is 4.78. The zero-order valence-electron chi connectivity index (χ0n) is 3.44. The Hall–Kier alpha value is -0.370. The Morgan fingerprint density at radius 1 is 1.86 bits per heavy atom. The van der Waals surface area contributed by atoms with Gasteiger partial charge in [0.2, 0.25) is 5.97 Å². The summed E-state index contributed by atoms with van der Waals surface area (Å²) in [6, 6.07) is 0. The van der Waals surface area contributed by atoms with Gasteiger partial charge in [-0.3, -0.25) is 0 Å². The number of hydrogen-bond acceptors (Lipinski definition) is 1. The molecule has 0 saturated heterocycles. The summed E-state index contributed by atoms with van der Waals surface area (Å²) in [7, 11) is 0. The van der Waals surface area contributed by atoms with Gasteiger partial charge in [-0.15, -0.1) is 0 Å². The fraction of sp³-hybridized carbons (Fsp3) is 0.250. The molecule has 1 heterocycles. The zero-order chi connectivity index (χ0) is 5.28. The van der Waals surface area contributed by atoms with Crippen molar-refractivity contribution in [3.05, 3.63) is 12.2 Å². The maximum Gasteiger partial charge on any atom is 0.209 e. The number of allylic oxidation sites excluding steroid dienone is 1. The third-order valence-electron chi connectivity index (χ3n) is 0.639. The van der Waals surface area contributed by atoms with Gasteiger partial charge in [-0.1, -0.05) is 11.6 Å². The summed E-state index contributed by atoms with van der Waals surface area (Å²) in [4.78, 5) is 3.29. The van der Waals surface area contributed by atoms with E-state index in [9.17, 15) is 4.39 Å². The van der Waals surface area contributed by atoms with Crippen LogP contribution in [-0.4, -0.2) is 11.5 Å². The van der Waals surface area contributed by atoms with E-state index in [1.807, 2.05) is 0 Å². The number of aliphatic imine (C=N–C) groups is 1. The Kier molecular flexibility index (Phi) is 1.11. The maximum absolute atomic E-state index is 11.8. The minimum absolute atomic E-state index is 0.472. The topological polar surface area (TPSA) is 12.4 Å². The molecule has 0 saturated carbocycles. The number of alkyl halides is 1. The Morgan fingerprint density at radius 3 is 2.71 bits per heavy atom. The summed E-state index contributed by atoms with van der Waals surface area (Å²) >= 11 is 5.29. The van der Waals surface area contributed by atoms with Crippen molar-refractivity contribution in [2.24, 2.45) is 4.99 Å². The van der Waals surface area contributed by atoms with Crippen molar-refractivity contribution in [3.8, 4) is 0 Å². The van der Waals surface area contributed by atoms with Gasteiger partial charge in [-0.2, -0.15) is 4.39 Å². The molecule has 0 N–H and O–H groups in total. The molecule has 0 bridgehead atoms. The predicted molar refractivity (Wildman–Crippen MR) is 27.3 cm³/mol. The van der Waals surface area contributed by atoms with E-state index in [-0.39, 0.29) is 0 Å². The standard InChI is InChI=1S/C4H3ClFN/c5-3-1-2-4(6)7-3/h1-3H. The van der Waals surface area contributed by atoms with Gasteiger partial charge in [0.05, 0.1) is 0 Å². The van der Waals surface area contributed by atoms with Crippen LogP contribution in [0.2, 0.25) is 0 Å². The SMILES string of the molecule is FC1=NC(Cl)C=C1. The van der Waals surface area contributed by atoms with E-state index in [0.29, 0.717) is 0 Å². The van der Waals surface area contributed by atoms with Crippen molar-refractivity contribution in [1.29, 1.82) is 0 Å². The van der Waals surface area contributed by atoms with Crippen molar-refractivity contribution < 1.29 is 4.39 Å². The minimum atomic E-state index is -0.486. The van der Waals surface area contributed by atoms with Crippen LogP contribution in [0.3, 0.4) is 0 Å². The Labute approximate surface area is 45.5 Å². The van der Waals surface area contributed by atoms with E-state index in [2.05, 4.69) is 4.99 Å². The second-order valence-electron chi connectivity index (χ2n) is 1.18. The van der Waals surface area contributed by atoms with Gasteiger partial charge in [-0.25, -0.2) is 4.99 Å². The molecule has 0 aromatic rings. The molecular formula is C4H3ClFN. The van der Waals surface area contributed by atoms with Crippen LogP contribution in [0.5, 0.6) is 0 Å². The van der Waals surface area contributed by atoms with Gasteiger partial charge in [0.25, 0.3) is 0 Å². The second-order valence-corrected chi connectivity index (χ2v) is 1.63. The molecule has 0 fully saturated rings. The fourth-order valence-corrected chi connectivity index (χ4v) is 0.529. The Balaban J connectivity index is 2.69. The highest BCUT2D eigenvalue weighted by Crippen LogP contribution is 2.07. The summed E-state index contributed by atoms with van der Waals surface area (Å²) in [5.41, 5.74) is -0.472. The van der Waals surface area contributed by atoms with Gasteiger partial charge in [-0.05, 0) is 12.2 Å². The first-order valence-electron chi connectivity index (χ1n) is 1.84. The molecule has 1 aliphatic heterocycles. The van der Waals surface area contributed by atoms with E-state index in [0.717, 1.165) is 0 Å². The van der Waals surface area contributed by atoms with Crippen LogP contribution in [0.15, 0.2) is 17.1 Å². The highest BCUT2D eigenvalue weighted by Gasteiger charge is 2.03. The van der Waals surface area contributed by atoms with Crippen LogP contribution in [-0.2, 0) is 0 Å². The predicted octanol–water partition coefficient (Wildman–Crippen LogP) is 1.49. The summed E-state index contributed by atoms with van der Waals surface area (Å²) in [6.07, 6.45) is 2.73. The molecule has 0 aliphatic carbocycles. The normalized spacial score (nSPS) is 28.3. The minimum Gasteiger partial charge on any atom is -0.234 e. The van der Waals surface area contributed by atoms with Crippen molar-refractivity contribution in [2.75, 3.05) is 0 Å². The number of halogens is 2. The van der Waals surface area contributed by atoms with E-state index in [1.165, 1.54) is 12.2 Å². The van der Waals surface area contributed by atoms with Crippen molar-refractivity contribution in [1.82, 2.24) is 0 Å². The average molecular weight is 120 g/mol. The van der Waals surface area contributed by atoms with Gasteiger partial charge in [0.15, 0.2) is 0 Å². The van der Waals surface area contributed by atoms with Crippen LogP contribution in [0.4, 0.5) is 4.39 Å². The highest BCUT2D eigenvalue weighted by molar-refractivity contribution is 6.23. The van der Waals surface area contributed by atoms with Gasteiger partial charge in [0, 0.05) is 0 Å². The molecule has 0 radical (unpaired) electrons. The zero-order valence-corrected chi connectivity index (χ0v) is 4.19. The lowest BCUT2D eigenvalue weighted by atomic mass is 10.6. The maximum atomic E-state index is 11.8. The number of hydrogen-bond donors (Lipinski definition) is 0. The quantitative estimate of drug-likeness (QED) is 0.338. The van der Waals surface area contributed by atoms with E-state index >= 15 is 0 Å². The van der Waals surface area contributed by atoms with Crippen molar-refractivity contribution in [2.45, 2.75) is 5.50 Å².